The average Bonchev–Trinajstić information content (AvgIpc) is 2.98. The number of pyridine rings is 1. The van der Waals surface area contributed by atoms with Crippen molar-refractivity contribution in [3.05, 3.63) is 88.2 Å². The van der Waals surface area contributed by atoms with E-state index in [1.807, 2.05) is 6.07 Å². The number of carbonyl (C=O) groups excluding carboxylic acids is 2. The Balaban J connectivity index is 1.58. The Kier molecular flexibility index (Phi) is 6.30. The van der Waals surface area contributed by atoms with Gasteiger partial charge >= 0.3 is 0 Å². The van der Waals surface area contributed by atoms with E-state index >= 15 is 0 Å². The minimum Gasteiger partial charge on any atom is -0.371 e. The molecule has 1 unspecified atom stereocenters. The highest BCUT2D eigenvalue weighted by atomic mass is 19.2. The molecule has 9 nitrogen and oxygen atoms in total. The number of benzodiazepines with no additional fused rings is 1. The number of halogens is 3. The summed E-state index contributed by atoms with van der Waals surface area (Å²) in [7, 11) is 0. The number of aromatic nitrogens is 1. The van der Waals surface area contributed by atoms with Gasteiger partial charge in [-0.05, 0) is 11.2 Å². The lowest BCUT2D eigenvalue weighted by atomic mass is 10.0. The summed E-state index contributed by atoms with van der Waals surface area (Å²) in [6, 6.07) is 15.9. The van der Waals surface area contributed by atoms with Crippen LogP contribution in [0.5, 0.6) is 0 Å². The van der Waals surface area contributed by atoms with Gasteiger partial charge in [0.15, 0.2) is 5.82 Å². The van der Waals surface area contributed by atoms with Gasteiger partial charge < -0.3 is 16.0 Å². The molecule has 4 rings (SSSR count). The van der Waals surface area contributed by atoms with Crippen LogP contribution in [0.25, 0.3) is 0 Å². The Morgan fingerprint density at radius 3 is 2.47 bits per heavy atom. The minimum atomic E-state index is -1.77. The monoisotopic (exact) mass is 468 g/mol. The molecule has 1 aromatic heterocycles. The summed E-state index contributed by atoms with van der Waals surface area (Å²) in [5, 5.41) is 9.27. The maximum Gasteiger partial charge on any atom is 0.269 e. The number of hydrogen-bond acceptors (Lipinski definition) is 7. The molecule has 2 aromatic carbocycles. The third kappa shape index (κ3) is 4.46. The SMILES string of the molecule is O=Nc1nc(F)c(F)c(NCC(=O)NC2N=C(c3ccccc3)c3ccccc3NC2=O)c1F. The number of amides is 2. The van der Waals surface area contributed by atoms with Gasteiger partial charge in [0, 0.05) is 11.1 Å². The smallest absolute Gasteiger partial charge is 0.269 e. The zero-order valence-corrected chi connectivity index (χ0v) is 17.2. The summed E-state index contributed by atoms with van der Waals surface area (Å²) in [6.45, 7) is -0.775. The molecule has 12 heteroatoms. The summed E-state index contributed by atoms with van der Waals surface area (Å²) in [4.78, 5) is 42.9. The first-order chi connectivity index (χ1) is 16.4. The van der Waals surface area contributed by atoms with E-state index in [-0.39, 0.29) is 0 Å². The zero-order valence-electron chi connectivity index (χ0n) is 17.2. The lowest BCUT2D eigenvalue weighted by Crippen LogP contribution is -2.44. The zero-order chi connectivity index (χ0) is 24.2. The predicted octanol–water partition coefficient (Wildman–Crippen LogP) is 3.24. The Bertz CT molecular complexity index is 1320. The van der Waals surface area contributed by atoms with Gasteiger partial charge in [0.2, 0.25) is 23.7 Å². The van der Waals surface area contributed by atoms with Crippen molar-refractivity contribution in [1.29, 1.82) is 0 Å². The molecular weight excluding hydrogens is 453 g/mol. The van der Waals surface area contributed by atoms with Crippen LogP contribution in [0.3, 0.4) is 0 Å². The summed E-state index contributed by atoms with van der Waals surface area (Å²) in [6.07, 6.45) is -1.38. The molecule has 0 saturated heterocycles. The molecule has 0 fully saturated rings. The third-order valence-corrected chi connectivity index (χ3v) is 4.82. The van der Waals surface area contributed by atoms with Gasteiger partial charge in [-0.2, -0.15) is 13.8 Å². The Morgan fingerprint density at radius 2 is 1.74 bits per heavy atom. The summed E-state index contributed by atoms with van der Waals surface area (Å²) < 4.78 is 41.5. The fraction of sp³-hybridized carbons (Fsp3) is 0.0909. The van der Waals surface area contributed by atoms with Crippen LogP contribution in [-0.2, 0) is 9.59 Å². The Morgan fingerprint density at radius 1 is 1.03 bits per heavy atom. The van der Waals surface area contributed by atoms with Crippen LogP contribution in [0, 0.1) is 22.5 Å². The molecule has 1 atom stereocenters. The standard InChI is InChI=1S/C22H15F3N6O3/c23-15-18(16(24)20(31-34)30-19(15)25)26-10-14(32)28-21-22(33)27-13-9-5-4-8-12(13)17(29-21)11-6-2-1-3-7-11/h1-9,21H,10H2,(H,26,30)(H,27,33)(H,28,32). The van der Waals surface area contributed by atoms with Crippen LogP contribution < -0.4 is 16.0 Å². The van der Waals surface area contributed by atoms with Crippen LogP contribution in [-0.4, -0.2) is 35.2 Å². The molecule has 0 aliphatic carbocycles. The molecule has 0 spiro atoms. The van der Waals surface area contributed by atoms with Gasteiger partial charge in [-0.15, -0.1) is 4.91 Å². The van der Waals surface area contributed by atoms with E-state index in [0.29, 0.717) is 22.5 Å². The van der Waals surface area contributed by atoms with Crippen LogP contribution in [0.4, 0.5) is 30.4 Å². The molecule has 0 radical (unpaired) electrons. The van der Waals surface area contributed by atoms with Gasteiger partial charge in [-0.25, -0.2) is 9.38 Å². The first-order valence-corrected chi connectivity index (χ1v) is 9.83. The average molecular weight is 468 g/mol. The largest absolute Gasteiger partial charge is 0.371 e. The van der Waals surface area contributed by atoms with Gasteiger partial charge in [0.25, 0.3) is 11.9 Å². The summed E-state index contributed by atoms with van der Waals surface area (Å²) in [5.74, 6) is -7.80. The summed E-state index contributed by atoms with van der Waals surface area (Å²) in [5.41, 5.74) is 1.14. The number of carbonyl (C=O) groups is 2. The maximum atomic E-state index is 14.1. The van der Waals surface area contributed by atoms with E-state index in [2.05, 4.69) is 31.1 Å². The lowest BCUT2D eigenvalue weighted by molar-refractivity contribution is -0.125. The van der Waals surface area contributed by atoms with Gasteiger partial charge in [0.1, 0.15) is 5.69 Å². The first-order valence-electron chi connectivity index (χ1n) is 9.83. The van der Waals surface area contributed by atoms with Crippen molar-refractivity contribution in [3.63, 3.8) is 0 Å². The molecule has 3 N–H and O–H groups in total. The molecule has 2 amide bonds. The van der Waals surface area contributed by atoms with E-state index in [0.717, 1.165) is 0 Å². The fourth-order valence-electron chi connectivity index (χ4n) is 3.27. The third-order valence-electron chi connectivity index (χ3n) is 4.82. The molecule has 0 saturated carbocycles. The molecule has 0 bridgehead atoms. The van der Waals surface area contributed by atoms with Crippen molar-refractivity contribution in [2.45, 2.75) is 6.17 Å². The number of aliphatic imine (C=N–C) groups is 1. The molecule has 34 heavy (non-hydrogen) atoms. The van der Waals surface area contributed by atoms with Crippen LogP contribution in [0.1, 0.15) is 11.1 Å². The van der Waals surface area contributed by atoms with Crippen LogP contribution in [0.2, 0.25) is 0 Å². The number of hydrogen-bond donors (Lipinski definition) is 3. The normalized spacial score (nSPS) is 14.9. The van der Waals surface area contributed by atoms with Crippen LogP contribution >= 0.6 is 0 Å². The van der Waals surface area contributed by atoms with E-state index in [4.69, 9.17) is 0 Å². The number of fused-ring (bicyclic) bond motifs is 1. The van der Waals surface area contributed by atoms with Crippen molar-refractivity contribution in [3.8, 4) is 0 Å². The molecule has 172 valence electrons. The molecule has 1 aliphatic rings. The topological polar surface area (TPSA) is 125 Å². The summed E-state index contributed by atoms with van der Waals surface area (Å²) >= 11 is 0. The number of benzene rings is 2. The highest BCUT2D eigenvalue weighted by Crippen LogP contribution is 2.27. The maximum absolute atomic E-state index is 14.1. The fourth-order valence-corrected chi connectivity index (χ4v) is 3.27. The first kappa shape index (κ1) is 22.6. The second kappa shape index (κ2) is 9.48. The van der Waals surface area contributed by atoms with E-state index in [9.17, 15) is 27.7 Å². The quantitative estimate of drug-likeness (QED) is 0.378. The highest BCUT2D eigenvalue weighted by Gasteiger charge is 2.27. The Hall–Kier alpha value is -4.61. The van der Waals surface area contributed by atoms with Gasteiger partial charge in [-0.3, -0.25) is 9.59 Å². The van der Waals surface area contributed by atoms with Gasteiger partial charge in [0.05, 0.1) is 17.9 Å². The molecule has 2 heterocycles. The van der Waals surface area contributed by atoms with Crippen molar-refractivity contribution < 1.29 is 22.8 Å². The van der Waals surface area contributed by atoms with Crippen molar-refractivity contribution in [2.24, 2.45) is 10.2 Å². The minimum absolute atomic E-state index is 0.433. The number of nitrogens with one attached hydrogen (secondary N) is 3. The number of anilines is 2. The lowest BCUT2D eigenvalue weighted by Gasteiger charge is -2.14. The highest BCUT2D eigenvalue weighted by molar-refractivity contribution is 6.19. The second-order valence-corrected chi connectivity index (χ2v) is 7.02. The van der Waals surface area contributed by atoms with E-state index in [1.54, 1.807) is 48.5 Å². The second-order valence-electron chi connectivity index (χ2n) is 7.02. The predicted molar refractivity (Wildman–Crippen MR) is 117 cm³/mol. The number of rotatable bonds is 6. The van der Waals surface area contributed by atoms with Crippen molar-refractivity contribution in [1.82, 2.24) is 10.3 Å². The Labute approximate surface area is 190 Å². The van der Waals surface area contributed by atoms with E-state index in [1.165, 1.54) is 0 Å². The molecule has 3 aromatic rings. The number of para-hydroxylation sites is 1. The van der Waals surface area contributed by atoms with E-state index < -0.39 is 53.6 Å². The number of nitrogens with zero attached hydrogens (tertiary/aromatic N) is 3. The van der Waals surface area contributed by atoms with Gasteiger partial charge in [-0.1, -0.05) is 48.5 Å². The number of nitroso groups, excluding NO2 is 1. The van der Waals surface area contributed by atoms with Crippen LogP contribution in [0.15, 0.2) is 64.8 Å². The van der Waals surface area contributed by atoms with Crippen molar-refractivity contribution >= 4 is 34.7 Å². The van der Waals surface area contributed by atoms with Crippen molar-refractivity contribution in [2.75, 3.05) is 17.2 Å². The molecule has 1 aliphatic heterocycles. The molecular formula is C22H15F3N6O3.